The van der Waals surface area contributed by atoms with Crippen molar-refractivity contribution in [1.82, 2.24) is 0 Å². The zero-order valence-corrected chi connectivity index (χ0v) is 15.9. The van der Waals surface area contributed by atoms with Gasteiger partial charge in [0, 0.05) is 21.1 Å². The maximum absolute atomic E-state index is 13.1. The van der Waals surface area contributed by atoms with Gasteiger partial charge in [-0.1, -0.05) is 0 Å². The molecule has 0 amide bonds. The molecule has 0 saturated carbocycles. The van der Waals surface area contributed by atoms with Crippen LogP contribution in [0.3, 0.4) is 0 Å². The zero-order valence-electron chi connectivity index (χ0n) is 14.1. The molecule has 0 aromatic carbocycles. The van der Waals surface area contributed by atoms with Crippen molar-refractivity contribution in [2.24, 2.45) is 0 Å². The molecule has 0 aromatic rings. The molecule has 0 aromatic heterocycles. The van der Waals surface area contributed by atoms with Gasteiger partial charge in [0.2, 0.25) is 0 Å². The third-order valence-electron chi connectivity index (χ3n) is 2.29. The van der Waals surface area contributed by atoms with Gasteiger partial charge in [-0.05, 0) is 27.7 Å². The molecular formula is C12H29NO6P2. The van der Waals surface area contributed by atoms with Gasteiger partial charge in [0.25, 0.3) is 15.2 Å². The summed E-state index contributed by atoms with van der Waals surface area (Å²) in [5.74, 6) is 0. The Kier molecular flexibility index (Phi) is 8.89. The minimum Gasteiger partial charge on any atom is -0.440 e. The third-order valence-corrected chi connectivity index (χ3v) is 8.33. The Bertz CT molecular complexity index is 346. The van der Waals surface area contributed by atoms with Crippen LogP contribution in [0.5, 0.6) is 0 Å². The van der Waals surface area contributed by atoms with Gasteiger partial charge in [0.15, 0.2) is 0 Å². The third kappa shape index (κ3) is 5.76. The Hall–Kier alpha value is 0.260. The molecule has 21 heavy (non-hydrogen) atoms. The van der Waals surface area contributed by atoms with Gasteiger partial charge in [-0.25, -0.2) is 0 Å². The second-order valence-electron chi connectivity index (χ2n) is 4.98. The lowest BCUT2D eigenvalue weighted by atomic mass is 10.8. The largest absolute Gasteiger partial charge is 0.440 e. The van der Waals surface area contributed by atoms with E-state index in [9.17, 15) is 9.13 Å². The van der Waals surface area contributed by atoms with Crippen LogP contribution in [0.1, 0.15) is 27.7 Å². The van der Waals surface area contributed by atoms with Crippen LogP contribution in [-0.2, 0) is 27.2 Å². The molecule has 0 fully saturated rings. The van der Waals surface area contributed by atoms with E-state index in [1.54, 1.807) is 48.8 Å². The smallest absolute Gasteiger partial charge is 0.256 e. The minimum absolute atomic E-state index is 0.00540. The van der Waals surface area contributed by atoms with Gasteiger partial charge in [0.1, 0.15) is 5.52 Å². The van der Waals surface area contributed by atoms with E-state index in [0.29, 0.717) is 0 Å². The highest BCUT2D eigenvalue weighted by Crippen LogP contribution is 2.77. The fourth-order valence-corrected chi connectivity index (χ4v) is 7.20. The van der Waals surface area contributed by atoms with Gasteiger partial charge in [-0.2, -0.15) is 0 Å². The summed E-state index contributed by atoms with van der Waals surface area (Å²) in [5, 5.41) is 0. The first-order chi connectivity index (χ1) is 9.61. The summed E-state index contributed by atoms with van der Waals surface area (Å²) in [4.78, 5) is 0. The predicted octanol–water partition coefficient (Wildman–Crippen LogP) is 3.67. The molecule has 0 heterocycles. The molecule has 0 aliphatic heterocycles. The average Bonchev–Trinajstić information content (AvgIpc) is 2.27. The van der Waals surface area contributed by atoms with E-state index < -0.39 is 15.2 Å². The van der Waals surface area contributed by atoms with Crippen LogP contribution < -0.4 is 0 Å². The lowest BCUT2D eigenvalue weighted by Crippen LogP contribution is -2.40. The molecule has 0 aliphatic carbocycles. The number of hydrogen-bond donors (Lipinski definition) is 0. The van der Waals surface area contributed by atoms with Gasteiger partial charge in [-0.3, -0.25) is 9.13 Å². The van der Waals surface area contributed by atoms with Crippen LogP contribution in [0.2, 0.25) is 0 Å². The molecular weight excluding hydrogens is 316 g/mol. The summed E-state index contributed by atoms with van der Waals surface area (Å²) in [6.07, 6.45) is 0. The predicted molar refractivity (Wildman–Crippen MR) is 83.0 cm³/mol. The van der Waals surface area contributed by atoms with Crippen molar-refractivity contribution in [1.29, 1.82) is 0 Å². The minimum atomic E-state index is -3.76. The summed E-state index contributed by atoms with van der Waals surface area (Å²) in [6.45, 7) is 7.46. The monoisotopic (exact) mass is 345 g/mol. The number of nitrogens with zero attached hydrogens (tertiary/aromatic N) is 1. The summed E-state index contributed by atoms with van der Waals surface area (Å²) in [6, 6.07) is 0. The standard InChI is InChI=1S/C12H29NO6P2/c1-8-16-20(14,17-9-2)12(13(5,6)7)21(15,18-10-3)19-11-4/h8-11H2,1-7H3. The average molecular weight is 345 g/mol. The Morgan fingerprint density at radius 2 is 0.952 bits per heavy atom. The van der Waals surface area contributed by atoms with E-state index >= 15 is 0 Å². The summed E-state index contributed by atoms with van der Waals surface area (Å²) >= 11 is 0. The van der Waals surface area contributed by atoms with Crippen LogP contribution >= 0.6 is 15.2 Å². The maximum Gasteiger partial charge on any atom is 0.256 e. The molecule has 128 valence electrons. The van der Waals surface area contributed by atoms with E-state index in [1.165, 1.54) is 0 Å². The van der Waals surface area contributed by atoms with Crippen molar-refractivity contribution in [3.8, 4) is 0 Å². The van der Waals surface area contributed by atoms with E-state index in [2.05, 4.69) is 0 Å². The fourth-order valence-electron chi connectivity index (χ4n) is 1.87. The number of quaternary nitrogens is 1. The Morgan fingerprint density at radius 3 is 1.10 bits per heavy atom. The Balaban J connectivity index is 5.95. The molecule has 0 N–H and O–H groups in total. The van der Waals surface area contributed by atoms with Crippen molar-refractivity contribution in [2.45, 2.75) is 27.7 Å². The number of hydrogen-bond acceptors (Lipinski definition) is 6. The molecule has 0 spiro atoms. The van der Waals surface area contributed by atoms with Crippen molar-refractivity contribution < 1.29 is 31.7 Å². The molecule has 0 aliphatic rings. The highest BCUT2D eigenvalue weighted by Gasteiger charge is 2.47. The van der Waals surface area contributed by atoms with Crippen LogP contribution in [0.4, 0.5) is 0 Å². The van der Waals surface area contributed by atoms with Crippen LogP contribution in [0.25, 0.3) is 0 Å². The summed E-state index contributed by atoms with van der Waals surface area (Å²) < 4.78 is 47.6. The first-order valence-corrected chi connectivity index (χ1v) is 10.2. The molecule has 0 rings (SSSR count). The molecule has 0 bridgehead atoms. The molecule has 0 saturated heterocycles. The fraction of sp³-hybridized carbons (Fsp3) is 0.917. The first-order valence-electron chi connectivity index (χ1n) is 7.09. The lowest BCUT2D eigenvalue weighted by molar-refractivity contribution is -0.840. The maximum atomic E-state index is 13.1. The van der Waals surface area contributed by atoms with Gasteiger partial charge in [0.05, 0.1) is 26.4 Å². The summed E-state index contributed by atoms with van der Waals surface area (Å²) in [5.41, 5.74) is 0.0161. The topological polar surface area (TPSA) is 71.1 Å². The van der Waals surface area contributed by atoms with Crippen molar-refractivity contribution in [3.05, 3.63) is 5.52 Å². The van der Waals surface area contributed by atoms with Crippen LogP contribution in [-0.4, -0.2) is 52.1 Å². The second-order valence-corrected chi connectivity index (χ2v) is 9.20. The highest BCUT2D eigenvalue weighted by atomic mass is 31.2. The van der Waals surface area contributed by atoms with Crippen molar-refractivity contribution in [2.75, 3.05) is 47.6 Å². The quantitative estimate of drug-likeness (QED) is 0.323. The molecule has 0 atom stereocenters. The molecule has 7 nitrogen and oxygen atoms in total. The second kappa shape index (κ2) is 8.78. The van der Waals surface area contributed by atoms with Gasteiger partial charge >= 0.3 is 0 Å². The molecule has 0 unspecified atom stereocenters. The van der Waals surface area contributed by atoms with E-state index in [4.69, 9.17) is 18.1 Å². The normalized spacial score (nSPS) is 13.9. The number of rotatable bonds is 11. The Labute approximate surface area is 128 Å². The van der Waals surface area contributed by atoms with Crippen molar-refractivity contribution in [3.63, 3.8) is 0 Å². The van der Waals surface area contributed by atoms with E-state index in [-0.39, 0.29) is 36.4 Å². The van der Waals surface area contributed by atoms with Crippen LogP contribution in [0.15, 0.2) is 0 Å². The van der Waals surface area contributed by atoms with Gasteiger partial charge in [-0.15, -0.1) is 0 Å². The molecule has 9 heteroatoms. The van der Waals surface area contributed by atoms with Crippen LogP contribution in [0, 0.1) is 5.52 Å². The molecule has 0 radical (unpaired) electrons. The SMILES string of the molecule is CCOP(=O)(OCC)[C-]([N+](C)(C)C)P(=O)(OCC)OCC. The zero-order chi connectivity index (χ0) is 16.7. The first kappa shape index (κ1) is 21.3. The lowest BCUT2D eigenvalue weighted by Gasteiger charge is -2.50. The van der Waals surface area contributed by atoms with Gasteiger partial charge < -0.3 is 22.6 Å². The van der Waals surface area contributed by atoms with E-state index in [1.807, 2.05) is 0 Å². The summed E-state index contributed by atoms with van der Waals surface area (Å²) in [7, 11) is -2.33. The Morgan fingerprint density at radius 1 is 0.714 bits per heavy atom. The highest BCUT2D eigenvalue weighted by molar-refractivity contribution is 7.76. The van der Waals surface area contributed by atoms with Crippen molar-refractivity contribution >= 4 is 15.2 Å². The van der Waals surface area contributed by atoms with E-state index in [0.717, 1.165) is 0 Å².